The van der Waals surface area contributed by atoms with E-state index < -0.39 is 0 Å². The molecule has 20 heavy (non-hydrogen) atoms. The van der Waals surface area contributed by atoms with Gasteiger partial charge in [-0.15, -0.1) is 0 Å². The van der Waals surface area contributed by atoms with Crippen molar-refractivity contribution in [3.05, 3.63) is 5.21 Å². The summed E-state index contributed by atoms with van der Waals surface area (Å²) < 4.78 is 0. The minimum absolute atomic E-state index is 0.262. The summed E-state index contributed by atoms with van der Waals surface area (Å²) in [6.07, 6.45) is 15.6. The van der Waals surface area contributed by atoms with Crippen LogP contribution < -0.4 is 10.8 Å². The highest BCUT2D eigenvalue weighted by Crippen LogP contribution is 2.13. The average molecular weight is 288 g/mol. The van der Waals surface area contributed by atoms with Crippen LogP contribution in [0.15, 0.2) is 0 Å². The van der Waals surface area contributed by atoms with Crippen LogP contribution in [0.3, 0.4) is 0 Å². The molecule has 0 rings (SSSR count). The molecule has 0 fully saturated rings. The first-order chi connectivity index (χ1) is 9.66. The smallest absolute Gasteiger partial charge is 0.0962 e. The SMILES string of the molecule is CC(C)CCCCCCCCCCCCC[NH+]([O-])NO. The minimum atomic E-state index is -0.262. The summed E-state index contributed by atoms with van der Waals surface area (Å²) in [5.41, 5.74) is 1.67. The normalized spacial score (nSPS) is 13.1. The summed E-state index contributed by atoms with van der Waals surface area (Å²) in [4.78, 5) is 0. The Labute approximate surface area is 125 Å². The van der Waals surface area contributed by atoms with Crippen LogP contribution in [-0.2, 0) is 0 Å². The molecular weight excluding hydrogens is 252 g/mol. The van der Waals surface area contributed by atoms with E-state index in [4.69, 9.17) is 5.21 Å². The van der Waals surface area contributed by atoms with Gasteiger partial charge in [0.2, 0.25) is 0 Å². The molecule has 1 atom stereocenters. The number of hydroxylamine groups is 1. The Morgan fingerprint density at radius 1 is 0.800 bits per heavy atom. The molecule has 0 radical (unpaired) electrons. The lowest BCUT2D eigenvalue weighted by atomic mass is 10.0. The van der Waals surface area contributed by atoms with Crippen LogP contribution in [0, 0.1) is 11.1 Å². The number of rotatable bonds is 15. The van der Waals surface area contributed by atoms with E-state index in [2.05, 4.69) is 13.8 Å². The Kier molecular flexibility index (Phi) is 15.1. The van der Waals surface area contributed by atoms with E-state index in [1.54, 1.807) is 5.59 Å². The second-order valence-electron chi connectivity index (χ2n) is 6.36. The molecule has 1 unspecified atom stereocenters. The molecule has 0 aliphatic heterocycles. The highest BCUT2D eigenvalue weighted by Gasteiger charge is 1.97. The maximum Gasteiger partial charge on any atom is 0.0962 e. The second kappa shape index (κ2) is 15.2. The number of hydrogen-bond donors (Lipinski definition) is 3. The molecule has 0 saturated heterocycles. The second-order valence-corrected chi connectivity index (χ2v) is 6.36. The van der Waals surface area contributed by atoms with Crippen molar-refractivity contribution in [2.45, 2.75) is 90.9 Å². The monoisotopic (exact) mass is 288 g/mol. The first-order valence-electron chi connectivity index (χ1n) is 8.59. The van der Waals surface area contributed by atoms with Crippen molar-refractivity contribution in [2.24, 2.45) is 5.92 Å². The van der Waals surface area contributed by atoms with Crippen LogP contribution >= 0.6 is 0 Å². The van der Waals surface area contributed by atoms with Gasteiger partial charge in [-0.3, -0.25) is 10.4 Å². The van der Waals surface area contributed by atoms with Gasteiger partial charge < -0.3 is 5.21 Å². The molecule has 0 bridgehead atoms. The third-order valence-corrected chi connectivity index (χ3v) is 3.81. The molecule has 0 aliphatic carbocycles. The molecule has 0 spiro atoms. The van der Waals surface area contributed by atoms with Gasteiger partial charge in [-0.25, -0.2) is 0 Å². The summed E-state index contributed by atoms with van der Waals surface area (Å²) in [6, 6.07) is 0. The van der Waals surface area contributed by atoms with Crippen LogP contribution in [-0.4, -0.2) is 11.8 Å². The molecule has 122 valence electrons. The Bertz CT molecular complexity index is 189. The standard InChI is InChI=1S/C16H36N2O2/c1-16(2)14-12-10-8-6-4-3-5-7-9-11-13-15-18(20)17-19/h16-19H,3-15H2,1-2H3. The van der Waals surface area contributed by atoms with Crippen LogP contribution in [0.1, 0.15) is 90.9 Å². The van der Waals surface area contributed by atoms with Crippen molar-refractivity contribution in [1.29, 1.82) is 0 Å². The van der Waals surface area contributed by atoms with Gasteiger partial charge in [-0.1, -0.05) is 78.1 Å². The molecule has 0 saturated carbocycles. The highest BCUT2D eigenvalue weighted by atomic mass is 16.7. The Balaban J connectivity index is 2.99. The molecule has 0 amide bonds. The van der Waals surface area contributed by atoms with E-state index in [0.717, 1.165) is 18.8 Å². The van der Waals surface area contributed by atoms with E-state index in [9.17, 15) is 5.21 Å². The number of nitrogens with one attached hydrogen (secondary N) is 2. The van der Waals surface area contributed by atoms with Gasteiger partial charge in [0, 0.05) is 0 Å². The lowest BCUT2D eigenvalue weighted by Gasteiger charge is -2.17. The van der Waals surface area contributed by atoms with Crippen molar-refractivity contribution in [3.63, 3.8) is 0 Å². The minimum Gasteiger partial charge on any atom is -0.611 e. The first kappa shape index (κ1) is 19.8. The predicted molar refractivity (Wildman–Crippen MR) is 84.4 cm³/mol. The van der Waals surface area contributed by atoms with Crippen molar-refractivity contribution in [3.8, 4) is 0 Å². The third-order valence-electron chi connectivity index (χ3n) is 3.81. The van der Waals surface area contributed by atoms with Crippen molar-refractivity contribution in [2.75, 3.05) is 6.54 Å². The number of unbranched alkanes of at least 4 members (excludes halogenated alkanes) is 10. The fourth-order valence-corrected chi connectivity index (χ4v) is 2.49. The average Bonchev–Trinajstić information content (AvgIpc) is 2.43. The van der Waals surface area contributed by atoms with Gasteiger partial charge in [-0.2, -0.15) is 0 Å². The zero-order valence-corrected chi connectivity index (χ0v) is 13.6. The third kappa shape index (κ3) is 15.9. The van der Waals surface area contributed by atoms with E-state index in [1.165, 1.54) is 64.2 Å². The first-order valence-corrected chi connectivity index (χ1v) is 8.59. The van der Waals surface area contributed by atoms with Crippen molar-refractivity contribution in [1.82, 2.24) is 5.59 Å². The maximum atomic E-state index is 10.8. The zero-order chi connectivity index (χ0) is 15.1. The highest BCUT2D eigenvalue weighted by molar-refractivity contribution is 4.50. The molecule has 3 N–H and O–H groups in total. The van der Waals surface area contributed by atoms with Crippen LogP contribution in [0.25, 0.3) is 0 Å². The molecule has 4 heteroatoms. The molecular formula is C16H36N2O2. The van der Waals surface area contributed by atoms with E-state index >= 15 is 0 Å². The fourth-order valence-electron chi connectivity index (χ4n) is 2.49. The lowest BCUT2D eigenvalue weighted by Crippen LogP contribution is -3.13. The maximum absolute atomic E-state index is 10.8. The van der Waals surface area contributed by atoms with Crippen molar-refractivity contribution >= 4 is 0 Å². The van der Waals surface area contributed by atoms with Crippen LogP contribution in [0.2, 0.25) is 0 Å². The molecule has 4 nitrogen and oxygen atoms in total. The van der Waals surface area contributed by atoms with E-state index in [1.807, 2.05) is 0 Å². The van der Waals surface area contributed by atoms with E-state index in [0.29, 0.717) is 6.54 Å². The van der Waals surface area contributed by atoms with Crippen LogP contribution in [0.5, 0.6) is 0 Å². The molecule has 0 heterocycles. The van der Waals surface area contributed by atoms with Gasteiger partial charge in [0.15, 0.2) is 0 Å². The summed E-state index contributed by atoms with van der Waals surface area (Å²) in [5.74, 6) is 0.860. The molecule has 0 aromatic heterocycles. The van der Waals surface area contributed by atoms with Gasteiger partial charge in [0.1, 0.15) is 0 Å². The van der Waals surface area contributed by atoms with Gasteiger partial charge >= 0.3 is 0 Å². The zero-order valence-electron chi connectivity index (χ0n) is 13.6. The molecule has 0 aliphatic rings. The van der Waals surface area contributed by atoms with Crippen molar-refractivity contribution < 1.29 is 10.4 Å². The fraction of sp³-hybridized carbons (Fsp3) is 1.00. The topological polar surface area (TPSA) is 59.8 Å². The predicted octanol–water partition coefficient (Wildman–Crippen LogP) is 3.60. The Hall–Kier alpha value is -0.160. The number of quaternary nitrogens is 1. The largest absolute Gasteiger partial charge is 0.611 e. The Morgan fingerprint density at radius 2 is 1.20 bits per heavy atom. The van der Waals surface area contributed by atoms with E-state index in [-0.39, 0.29) is 5.17 Å². The van der Waals surface area contributed by atoms with Gasteiger partial charge in [-0.05, 0) is 24.3 Å². The summed E-state index contributed by atoms with van der Waals surface area (Å²) in [6.45, 7) is 5.05. The number of hydrogen-bond acceptors (Lipinski definition) is 3. The quantitative estimate of drug-likeness (QED) is 0.319. The Morgan fingerprint density at radius 3 is 1.60 bits per heavy atom. The molecule has 0 aromatic carbocycles. The van der Waals surface area contributed by atoms with Gasteiger partial charge in [0.25, 0.3) is 0 Å². The van der Waals surface area contributed by atoms with Gasteiger partial charge in [0.05, 0.1) is 6.54 Å². The summed E-state index contributed by atoms with van der Waals surface area (Å²) in [5, 5.41) is 18.8. The summed E-state index contributed by atoms with van der Waals surface area (Å²) in [7, 11) is 0. The molecule has 0 aromatic rings. The lowest BCUT2D eigenvalue weighted by molar-refractivity contribution is -0.926. The summed E-state index contributed by atoms with van der Waals surface area (Å²) >= 11 is 0. The van der Waals surface area contributed by atoms with Crippen LogP contribution in [0.4, 0.5) is 0 Å².